The summed E-state index contributed by atoms with van der Waals surface area (Å²) in [4.78, 5) is 35.5. The molecule has 0 aliphatic heterocycles. The Morgan fingerprint density at radius 3 is 2.72 bits per heavy atom. The molecule has 8 nitrogen and oxygen atoms in total. The molecule has 0 spiro atoms. The lowest BCUT2D eigenvalue weighted by molar-refractivity contribution is -0.385. The fourth-order valence-electron chi connectivity index (χ4n) is 1.03. The van der Waals surface area contributed by atoms with Gasteiger partial charge in [-0.3, -0.25) is 19.7 Å². The van der Waals surface area contributed by atoms with Gasteiger partial charge in [0.15, 0.2) is 0 Å². The Kier molecular flexibility index (Phi) is 4.16. The van der Waals surface area contributed by atoms with Crippen molar-refractivity contribution in [2.75, 3.05) is 0 Å². The van der Waals surface area contributed by atoms with E-state index >= 15 is 0 Å². The largest absolute Gasteiger partial charge is 0.480 e. The highest BCUT2D eigenvalue weighted by Gasteiger charge is 2.20. The molecule has 9 heteroatoms. The van der Waals surface area contributed by atoms with Crippen LogP contribution in [0.15, 0.2) is 12.3 Å². The van der Waals surface area contributed by atoms with E-state index in [0.29, 0.717) is 0 Å². The number of carbonyl (C=O) groups excluding carboxylic acids is 1. The van der Waals surface area contributed by atoms with E-state index in [9.17, 15) is 19.7 Å². The quantitative estimate of drug-likeness (QED) is 0.476. The highest BCUT2D eigenvalue weighted by molar-refractivity contribution is 6.32. The number of carbonyl (C=O) groups is 2. The molecule has 0 saturated heterocycles. The molecule has 0 saturated carbocycles. The molecule has 0 bridgehead atoms. The van der Waals surface area contributed by atoms with Crippen LogP contribution in [0.25, 0.3) is 0 Å². The average molecular weight is 274 g/mol. The summed E-state index contributed by atoms with van der Waals surface area (Å²) in [5.41, 5.74) is -0.661. The molecular weight excluding hydrogens is 266 g/mol. The number of amides is 1. The number of aromatic nitrogens is 1. The molecular formula is C9H8ClN3O5. The van der Waals surface area contributed by atoms with Crippen molar-refractivity contribution in [1.29, 1.82) is 0 Å². The smallest absolute Gasteiger partial charge is 0.325 e. The summed E-state index contributed by atoms with van der Waals surface area (Å²) in [6.07, 6.45) is 0.903. The van der Waals surface area contributed by atoms with Gasteiger partial charge >= 0.3 is 5.97 Å². The van der Waals surface area contributed by atoms with E-state index in [2.05, 4.69) is 10.3 Å². The molecule has 18 heavy (non-hydrogen) atoms. The van der Waals surface area contributed by atoms with Crippen LogP contribution in [0.1, 0.15) is 17.3 Å². The molecule has 0 radical (unpaired) electrons. The predicted octanol–water partition coefficient (Wildman–Crippen LogP) is 0.846. The number of nitrogens with one attached hydrogen (secondary N) is 1. The van der Waals surface area contributed by atoms with Crippen molar-refractivity contribution in [3.05, 3.63) is 33.1 Å². The standard InChI is InChI=1S/C9H8ClN3O5/c1-4(9(15)16)12-8(14)6-2-5(13(17)18)3-11-7(6)10/h2-4H,1H3,(H,12,14)(H,15,16)/t4-/m0/s1. The molecule has 0 unspecified atom stereocenters. The number of halogens is 1. The van der Waals surface area contributed by atoms with Crippen molar-refractivity contribution in [2.24, 2.45) is 0 Å². The zero-order valence-corrected chi connectivity index (χ0v) is 9.84. The molecule has 1 aromatic rings. The SMILES string of the molecule is C[C@H](NC(=O)c1cc([N+](=O)[O-])cnc1Cl)C(=O)O. The lowest BCUT2D eigenvalue weighted by Crippen LogP contribution is -2.38. The first-order chi connectivity index (χ1) is 8.32. The Labute approximate surface area is 106 Å². The van der Waals surface area contributed by atoms with E-state index in [4.69, 9.17) is 16.7 Å². The minimum Gasteiger partial charge on any atom is -0.480 e. The summed E-state index contributed by atoms with van der Waals surface area (Å²) in [5, 5.41) is 21.0. The Hall–Kier alpha value is -2.22. The van der Waals surface area contributed by atoms with Gasteiger partial charge in [0, 0.05) is 6.07 Å². The molecule has 1 atom stereocenters. The van der Waals surface area contributed by atoms with Gasteiger partial charge in [-0.15, -0.1) is 0 Å². The molecule has 1 aromatic heterocycles. The summed E-state index contributed by atoms with van der Waals surface area (Å²) in [5.74, 6) is -2.08. The van der Waals surface area contributed by atoms with E-state index in [1.54, 1.807) is 0 Å². The summed E-state index contributed by atoms with van der Waals surface area (Å²) in [6, 6.07) is -0.216. The maximum absolute atomic E-state index is 11.6. The van der Waals surface area contributed by atoms with Crippen molar-refractivity contribution < 1.29 is 19.6 Å². The van der Waals surface area contributed by atoms with E-state index in [0.717, 1.165) is 12.3 Å². The van der Waals surface area contributed by atoms with Crippen LogP contribution in [0.5, 0.6) is 0 Å². The van der Waals surface area contributed by atoms with E-state index < -0.39 is 28.5 Å². The van der Waals surface area contributed by atoms with Gasteiger partial charge in [-0.25, -0.2) is 4.98 Å². The van der Waals surface area contributed by atoms with Crippen LogP contribution in [0.3, 0.4) is 0 Å². The normalized spacial score (nSPS) is 11.7. The molecule has 2 N–H and O–H groups in total. The van der Waals surface area contributed by atoms with Crippen LogP contribution < -0.4 is 5.32 Å². The Balaban J connectivity index is 3.01. The molecule has 0 fully saturated rings. The number of rotatable bonds is 4. The van der Waals surface area contributed by atoms with Crippen molar-refractivity contribution in [1.82, 2.24) is 10.3 Å². The van der Waals surface area contributed by atoms with Gasteiger partial charge in [-0.05, 0) is 6.92 Å². The second-order valence-electron chi connectivity index (χ2n) is 3.32. The molecule has 0 aliphatic carbocycles. The van der Waals surface area contributed by atoms with Gasteiger partial charge in [0.2, 0.25) is 0 Å². The molecule has 96 valence electrons. The molecule has 0 aliphatic rings. The number of hydrogen-bond acceptors (Lipinski definition) is 5. The van der Waals surface area contributed by atoms with Crippen LogP contribution in [0.4, 0.5) is 5.69 Å². The van der Waals surface area contributed by atoms with Crippen molar-refractivity contribution in [3.63, 3.8) is 0 Å². The molecule has 0 aromatic carbocycles. The number of nitrogens with zero attached hydrogens (tertiary/aromatic N) is 2. The Morgan fingerprint density at radius 1 is 1.61 bits per heavy atom. The lowest BCUT2D eigenvalue weighted by atomic mass is 10.2. The summed E-state index contributed by atoms with van der Waals surface area (Å²) < 4.78 is 0. The van der Waals surface area contributed by atoms with Gasteiger partial charge in [0.25, 0.3) is 11.6 Å². The van der Waals surface area contributed by atoms with E-state index in [-0.39, 0.29) is 10.7 Å². The summed E-state index contributed by atoms with van der Waals surface area (Å²) in [7, 11) is 0. The zero-order chi connectivity index (χ0) is 13.9. The average Bonchev–Trinajstić information content (AvgIpc) is 2.28. The second kappa shape index (κ2) is 5.41. The topological polar surface area (TPSA) is 122 Å². The number of carboxylic acid groups (broad SMARTS) is 1. The third-order valence-electron chi connectivity index (χ3n) is 2.00. The van der Waals surface area contributed by atoms with Gasteiger partial charge in [0.1, 0.15) is 17.4 Å². The van der Waals surface area contributed by atoms with E-state index in [1.165, 1.54) is 6.92 Å². The number of carboxylic acids is 1. The number of pyridine rings is 1. The first-order valence-corrected chi connectivity index (χ1v) is 5.04. The van der Waals surface area contributed by atoms with Crippen molar-refractivity contribution >= 4 is 29.2 Å². The fourth-order valence-corrected chi connectivity index (χ4v) is 1.22. The summed E-state index contributed by atoms with van der Waals surface area (Å²) >= 11 is 5.62. The van der Waals surface area contributed by atoms with Gasteiger partial charge in [-0.2, -0.15) is 0 Å². The van der Waals surface area contributed by atoms with E-state index in [1.807, 2.05) is 0 Å². The maximum atomic E-state index is 11.6. The Morgan fingerprint density at radius 2 is 2.22 bits per heavy atom. The maximum Gasteiger partial charge on any atom is 0.325 e. The minimum atomic E-state index is -1.24. The Bertz CT molecular complexity index is 519. The number of hydrogen-bond donors (Lipinski definition) is 2. The van der Waals surface area contributed by atoms with Crippen LogP contribution in [0.2, 0.25) is 5.15 Å². The van der Waals surface area contributed by atoms with Crippen molar-refractivity contribution in [2.45, 2.75) is 13.0 Å². The van der Waals surface area contributed by atoms with Gasteiger partial charge < -0.3 is 10.4 Å². The first kappa shape index (κ1) is 13.8. The fraction of sp³-hybridized carbons (Fsp3) is 0.222. The molecule has 1 rings (SSSR count). The second-order valence-corrected chi connectivity index (χ2v) is 3.68. The minimum absolute atomic E-state index is 0.240. The zero-order valence-electron chi connectivity index (χ0n) is 9.08. The van der Waals surface area contributed by atoms with Crippen LogP contribution >= 0.6 is 11.6 Å². The molecule has 1 amide bonds. The van der Waals surface area contributed by atoms with Crippen LogP contribution in [-0.4, -0.2) is 32.9 Å². The lowest BCUT2D eigenvalue weighted by Gasteiger charge is -2.09. The van der Waals surface area contributed by atoms with Gasteiger partial charge in [0.05, 0.1) is 10.5 Å². The van der Waals surface area contributed by atoms with Gasteiger partial charge in [-0.1, -0.05) is 11.6 Å². The molecule has 1 heterocycles. The van der Waals surface area contributed by atoms with Crippen LogP contribution in [-0.2, 0) is 4.79 Å². The third-order valence-corrected chi connectivity index (χ3v) is 2.30. The number of aliphatic carboxylic acids is 1. The third kappa shape index (κ3) is 3.14. The first-order valence-electron chi connectivity index (χ1n) is 4.66. The monoisotopic (exact) mass is 273 g/mol. The van der Waals surface area contributed by atoms with Crippen LogP contribution in [0, 0.1) is 10.1 Å². The van der Waals surface area contributed by atoms with Crippen molar-refractivity contribution in [3.8, 4) is 0 Å². The highest BCUT2D eigenvalue weighted by atomic mass is 35.5. The number of nitro groups is 1. The highest BCUT2D eigenvalue weighted by Crippen LogP contribution is 2.18. The predicted molar refractivity (Wildman–Crippen MR) is 60.5 cm³/mol. The summed E-state index contributed by atoms with van der Waals surface area (Å²) in [6.45, 7) is 1.25.